The molecular weight excluding hydrogens is 208 g/mol. The Morgan fingerprint density at radius 3 is 2.81 bits per heavy atom. The molecule has 0 amide bonds. The summed E-state index contributed by atoms with van der Waals surface area (Å²) >= 11 is 0. The summed E-state index contributed by atoms with van der Waals surface area (Å²) in [6.45, 7) is 1.65. The molecule has 5 heteroatoms. The van der Waals surface area contributed by atoms with Gasteiger partial charge in [-0.25, -0.2) is 4.79 Å². The quantitative estimate of drug-likeness (QED) is 0.735. The fourth-order valence-electron chi connectivity index (χ4n) is 1.71. The second kappa shape index (κ2) is 4.02. The van der Waals surface area contributed by atoms with Crippen molar-refractivity contribution < 1.29 is 14.6 Å². The van der Waals surface area contributed by atoms with E-state index in [-0.39, 0.29) is 11.7 Å². The molecule has 2 rings (SSSR count). The molecular formula is C11H14N2O3. The predicted octanol–water partition coefficient (Wildman–Crippen LogP) is 0.660. The SMILES string of the molecule is CN1CC(Oc2ccc(N)cc2C(=O)O)C1. The number of nitrogens with two attached hydrogens (primary N) is 1. The van der Waals surface area contributed by atoms with Crippen molar-refractivity contribution in [3.05, 3.63) is 23.8 Å². The highest BCUT2D eigenvalue weighted by Gasteiger charge is 2.26. The fraction of sp³-hybridized carbons (Fsp3) is 0.364. The molecule has 1 fully saturated rings. The first-order chi connectivity index (χ1) is 7.56. The highest BCUT2D eigenvalue weighted by molar-refractivity contribution is 5.92. The third kappa shape index (κ3) is 2.09. The Morgan fingerprint density at radius 1 is 1.56 bits per heavy atom. The number of rotatable bonds is 3. The first-order valence-electron chi connectivity index (χ1n) is 5.04. The molecule has 1 heterocycles. The number of hydrogen-bond acceptors (Lipinski definition) is 4. The van der Waals surface area contributed by atoms with Crippen LogP contribution in [0.4, 0.5) is 5.69 Å². The van der Waals surface area contributed by atoms with Gasteiger partial charge >= 0.3 is 5.97 Å². The molecule has 3 N–H and O–H groups in total. The minimum atomic E-state index is -1.02. The summed E-state index contributed by atoms with van der Waals surface area (Å²) < 4.78 is 5.59. The number of aromatic carboxylic acids is 1. The second-order valence-corrected chi connectivity index (χ2v) is 4.02. The van der Waals surface area contributed by atoms with Crippen LogP contribution in [-0.2, 0) is 0 Å². The smallest absolute Gasteiger partial charge is 0.339 e. The standard InChI is InChI=1S/C11H14N2O3/c1-13-5-8(6-13)16-10-3-2-7(12)4-9(10)11(14)15/h2-4,8H,5-6,12H2,1H3,(H,14,15). The Kier molecular flexibility index (Phi) is 2.70. The topological polar surface area (TPSA) is 75.8 Å². The predicted molar refractivity (Wildman–Crippen MR) is 59.7 cm³/mol. The van der Waals surface area contributed by atoms with Crippen LogP contribution in [-0.4, -0.2) is 42.2 Å². The lowest BCUT2D eigenvalue weighted by atomic mass is 10.1. The zero-order valence-electron chi connectivity index (χ0n) is 9.01. The number of likely N-dealkylation sites (N-methyl/N-ethyl adjacent to an activating group) is 1. The van der Waals surface area contributed by atoms with E-state index in [9.17, 15) is 4.79 Å². The Bertz CT molecular complexity index is 414. The molecule has 0 aromatic heterocycles. The van der Waals surface area contributed by atoms with E-state index in [0.717, 1.165) is 13.1 Å². The summed E-state index contributed by atoms with van der Waals surface area (Å²) in [5.74, 6) is -0.630. The number of likely N-dealkylation sites (tertiary alicyclic amines) is 1. The van der Waals surface area contributed by atoms with Crippen LogP contribution in [0.2, 0.25) is 0 Å². The lowest BCUT2D eigenvalue weighted by Gasteiger charge is -2.36. The van der Waals surface area contributed by atoms with Crippen LogP contribution in [0.25, 0.3) is 0 Å². The van der Waals surface area contributed by atoms with Gasteiger partial charge in [0, 0.05) is 18.8 Å². The largest absolute Gasteiger partial charge is 0.487 e. The lowest BCUT2D eigenvalue weighted by Crippen LogP contribution is -2.51. The molecule has 1 aliphatic rings. The Labute approximate surface area is 93.4 Å². The first kappa shape index (κ1) is 10.8. The van der Waals surface area contributed by atoms with E-state index in [1.807, 2.05) is 7.05 Å². The summed E-state index contributed by atoms with van der Waals surface area (Å²) in [6.07, 6.45) is 0.0757. The van der Waals surface area contributed by atoms with Gasteiger partial charge in [-0.1, -0.05) is 0 Å². The molecule has 0 spiro atoms. The minimum Gasteiger partial charge on any atom is -0.487 e. The van der Waals surface area contributed by atoms with Gasteiger partial charge in [0.25, 0.3) is 0 Å². The summed E-state index contributed by atoms with van der Waals surface area (Å²) in [4.78, 5) is 13.1. The van der Waals surface area contributed by atoms with E-state index in [4.69, 9.17) is 15.6 Å². The van der Waals surface area contributed by atoms with Gasteiger partial charge in [-0.3, -0.25) is 4.90 Å². The Balaban J connectivity index is 2.16. The number of nitrogens with zero attached hydrogens (tertiary/aromatic N) is 1. The van der Waals surface area contributed by atoms with Crippen molar-refractivity contribution >= 4 is 11.7 Å². The van der Waals surface area contributed by atoms with Crippen molar-refractivity contribution in [2.75, 3.05) is 25.9 Å². The number of carboxylic acids is 1. The van der Waals surface area contributed by atoms with E-state index in [2.05, 4.69) is 4.90 Å². The third-order valence-electron chi connectivity index (χ3n) is 2.56. The molecule has 5 nitrogen and oxygen atoms in total. The molecule has 0 aliphatic carbocycles. The normalized spacial score (nSPS) is 16.8. The average molecular weight is 222 g/mol. The lowest BCUT2D eigenvalue weighted by molar-refractivity contribution is 0.0370. The zero-order chi connectivity index (χ0) is 11.7. The molecule has 0 atom stereocenters. The van der Waals surface area contributed by atoms with E-state index in [1.54, 1.807) is 12.1 Å². The van der Waals surface area contributed by atoms with Gasteiger partial charge in [0.05, 0.1) is 0 Å². The summed E-state index contributed by atoms with van der Waals surface area (Å²) in [6, 6.07) is 4.67. The van der Waals surface area contributed by atoms with Crippen molar-refractivity contribution in [2.24, 2.45) is 0 Å². The van der Waals surface area contributed by atoms with Gasteiger partial charge < -0.3 is 15.6 Å². The number of carbonyl (C=O) groups is 1. The van der Waals surface area contributed by atoms with Gasteiger partial charge in [-0.15, -0.1) is 0 Å². The highest BCUT2D eigenvalue weighted by atomic mass is 16.5. The Morgan fingerprint density at radius 2 is 2.25 bits per heavy atom. The fourth-order valence-corrected chi connectivity index (χ4v) is 1.71. The van der Waals surface area contributed by atoms with Gasteiger partial charge in [0.15, 0.2) is 0 Å². The maximum atomic E-state index is 11.0. The number of nitrogen functional groups attached to an aromatic ring is 1. The molecule has 1 aromatic rings. The van der Waals surface area contributed by atoms with Gasteiger partial charge in [0.1, 0.15) is 17.4 Å². The van der Waals surface area contributed by atoms with Crippen molar-refractivity contribution in [3.63, 3.8) is 0 Å². The number of ether oxygens (including phenoxy) is 1. The monoisotopic (exact) mass is 222 g/mol. The van der Waals surface area contributed by atoms with E-state index in [0.29, 0.717) is 11.4 Å². The molecule has 0 saturated carbocycles. The highest BCUT2D eigenvalue weighted by Crippen LogP contribution is 2.24. The summed E-state index contributed by atoms with van der Waals surface area (Å²) in [5.41, 5.74) is 6.08. The minimum absolute atomic E-state index is 0.0757. The maximum Gasteiger partial charge on any atom is 0.339 e. The van der Waals surface area contributed by atoms with Crippen molar-refractivity contribution in [1.82, 2.24) is 4.90 Å². The number of benzene rings is 1. The maximum absolute atomic E-state index is 11.0. The van der Waals surface area contributed by atoms with Crippen LogP contribution in [0.5, 0.6) is 5.75 Å². The number of carboxylic acid groups (broad SMARTS) is 1. The second-order valence-electron chi connectivity index (χ2n) is 4.02. The van der Waals surface area contributed by atoms with E-state index in [1.165, 1.54) is 6.07 Å². The van der Waals surface area contributed by atoms with Gasteiger partial charge in [-0.05, 0) is 25.2 Å². The van der Waals surface area contributed by atoms with Gasteiger partial charge in [-0.2, -0.15) is 0 Å². The van der Waals surface area contributed by atoms with Crippen molar-refractivity contribution in [1.29, 1.82) is 0 Å². The van der Waals surface area contributed by atoms with Crippen LogP contribution < -0.4 is 10.5 Å². The Hall–Kier alpha value is -1.75. The molecule has 86 valence electrons. The number of anilines is 1. The van der Waals surface area contributed by atoms with Crippen LogP contribution in [0, 0.1) is 0 Å². The average Bonchev–Trinajstić information content (AvgIpc) is 2.17. The van der Waals surface area contributed by atoms with Crippen LogP contribution in [0.1, 0.15) is 10.4 Å². The van der Waals surface area contributed by atoms with Crippen LogP contribution in [0.15, 0.2) is 18.2 Å². The third-order valence-corrected chi connectivity index (χ3v) is 2.56. The number of hydrogen-bond donors (Lipinski definition) is 2. The molecule has 0 unspecified atom stereocenters. The summed E-state index contributed by atoms with van der Waals surface area (Å²) in [5, 5.41) is 9.00. The first-order valence-corrected chi connectivity index (χ1v) is 5.04. The van der Waals surface area contributed by atoms with E-state index < -0.39 is 5.97 Å². The molecule has 1 saturated heterocycles. The molecule has 16 heavy (non-hydrogen) atoms. The molecule has 0 bridgehead atoms. The zero-order valence-corrected chi connectivity index (χ0v) is 9.01. The van der Waals surface area contributed by atoms with Crippen molar-refractivity contribution in [3.8, 4) is 5.75 Å². The molecule has 1 aliphatic heterocycles. The molecule has 1 aromatic carbocycles. The van der Waals surface area contributed by atoms with E-state index >= 15 is 0 Å². The molecule has 0 radical (unpaired) electrons. The van der Waals surface area contributed by atoms with Crippen LogP contribution >= 0.6 is 0 Å². The van der Waals surface area contributed by atoms with Crippen molar-refractivity contribution in [2.45, 2.75) is 6.10 Å². The summed E-state index contributed by atoms with van der Waals surface area (Å²) in [7, 11) is 1.99. The van der Waals surface area contributed by atoms with Crippen LogP contribution in [0.3, 0.4) is 0 Å². The van der Waals surface area contributed by atoms with Gasteiger partial charge in [0.2, 0.25) is 0 Å².